The summed E-state index contributed by atoms with van der Waals surface area (Å²) < 4.78 is 10.8. The maximum Gasteiger partial charge on any atom is 0.321 e. The number of nitrogens with one attached hydrogen (secondary N) is 1. The number of hydrogen-bond donors (Lipinski definition) is 1. The van der Waals surface area contributed by atoms with Crippen LogP contribution in [0.4, 0.5) is 10.5 Å². The van der Waals surface area contributed by atoms with E-state index >= 15 is 0 Å². The number of carbonyl (C=O) groups excluding carboxylic acids is 1. The Morgan fingerprint density at radius 2 is 2.00 bits per heavy atom. The van der Waals surface area contributed by atoms with E-state index in [4.69, 9.17) is 9.47 Å². The maximum atomic E-state index is 12.3. The van der Waals surface area contributed by atoms with Crippen molar-refractivity contribution in [1.29, 1.82) is 0 Å². The first-order chi connectivity index (χ1) is 11.2. The van der Waals surface area contributed by atoms with Crippen LogP contribution in [0, 0.1) is 0 Å². The molecule has 6 heteroatoms. The quantitative estimate of drug-likeness (QED) is 0.922. The molecular weight excluding hydrogens is 294 g/mol. The molecule has 0 spiro atoms. The van der Waals surface area contributed by atoms with Crippen molar-refractivity contribution < 1.29 is 14.3 Å². The Hall–Kier alpha value is -1.79. The number of hydrogen-bond acceptors (Lipinski definition) is 4. The van der Waals surface area contributed by atoms with E-state index in [1.54, 1.807) is 7.11 Å². The summed E-state index contributed by atoms with van der Waals surface area (Å²) in [4.78, 5) is 16.6. The number of benzene rings is 1. The van der Waals surface area contributed by atoms with Crippen LogP contribution in [0.5, 0.6) is 5.75 Å². The molecule has 126 valence electrons. The fourth-order valence-electron chi connectivity index (χ4n) is 3.09. The Labute approximate surface area is 137 Å². The van der Waals surface area contributed by atoms with Gasteiger partial charge in [-0.05, 0) is 37.1 Å². The average Bonchev–Trinajstić information content (AvgIpc) is 3.09. The van der Waals surface area contributed by atoms with Crippen LogP contribution in [0.1, 0.15) is 12.8 Å². The third-order valence-electron chi connectivity index (χ3n) is 4.49. The molecular formula is C17H25N3O3. The van der Waals surface area contributed by atoms with Crippen LogP contribution in [-0.2, 0) is 4.74 Å². The molecule has 2 aliphatic heterocycles. The number of nitrogens with zero attached hydrogens (tertiary/aromatic N) is 2. The highest BCUT2D eigenvalue weighted by molar-refractivity contribution is 5.89. The smallest absolute Gasteiger partial charge is 0.321 e. The van der Waals surface area contributed by atoms with Crippen molar-refractivity contribution in [3.05, 3.63) is 24.3 Å². The first-order valence-electron chi connectivity index (χ1n) is 8.28. The van der Waals surface area contributed by atoms with Gasteiger partial charge in [-0.2, -0.15) is 0 Å². The predicted octanol–water partition coefficient (Wildman–Crippen LogP) is 2.02. The highest BCUT2D eigenvalue weighted by Crippen LogP contribution is 2.17. The Kier molecular flexibility index (Phi) is 5.35. The van der Waals surface area contributed by atoms with E-state index in [-0.39, 0.29) is 6.03 Å². The highest BCUT2D eigenvalue weighted by atomic mass is 16.5. The Morgan fingerprint density at radius 3 is 2.61 bits per heavy atom. The zero-order valence-electron chi connectivity index (χ0n) is 13.7. The number of rotatable bonds is 4. The van der Waals surface area contributed by atoms with Crippen LogP contribution in [0.25, 0.3) is 0 Å². The van der Waals surface area contributed by atoms with Crippen LogP contribution in [0.2, 0.25) is 0 Å². The van der Waals surface area contributed by atoms with E-state index in [0.29, 0.717) is 6.10 Å². The molecule has 0 radical (unpaired) electrons. The second kappa shape index (κ2) is 7.66. The summed E-state index contributed by atoms with van der Waals surface area (Å²) in [7, 11) is 1.63. The fraction of sp³-hybridized carbons (Fsp3) is 0.588. The standard InChI is InChI=1S/C17H25N3O3/c1-22-15-6-4-14(5-7-15)18-17(21)20-10-8-19(9-11-20)13-16-3-2-12-23-16/h4-7,16H,2-3,8-13H2,1H3,(H,18,21). The summed E-state index contributed by atoms with van der Waals surface area (Å²) in [5, 5.41) is 2.94. The van der Waals surface area contributed by atoms with Crippen molar-refractivity contribution in [2.45, 2.75) is 18.9 Å². The maximum absolute atomic E-state index is 12.3. The number of ether oxygens (including phenoxy) is 2. The zero-order chi connectivity index (χ0) is 16.1. The van der Waals surface area contributed by atoms with Crippen molar-refractivity contribution >= 4 is 11.7 Å². The van der Waals surface area contributed by atoms with E-state index < -0.39 is 0 Å². The number of piperazine rings is 1. The molecule has 0 bridgehead atoms. The van der Waals surface area contributed by atoms with Crippen molar-refractivity contribution in [2.24, 2.45) is 0 Å². The number of amides is 2. The first kappa shape index (κ1) is 16.1. The van der Waals surface area contributed by atoms with Gasteiger partial charge in [0.05, 0.1) is 13.2 Å². The van der Waals surface area contributed by atoms with Gasteiger partial charge >= 0.3 is 6.03 Å². The number of methoxy groups -OCH3 is 1. The summed E-state index contributed by atoms with van der Waals surface area (Å²) in [6.07, 6.45) is 2.72. The van der Waals surface area contributed by atoms with Crippen LogP contribution < -0.4 is 10.1 Å². The lowest BCUT2D eigenvalue weighted by atomic mass is 10.2. The molecule has 3 rings (SSSR count). The van der Waals surface area contributed by atoms with Gasteiger partial charge < -0.3 is 19.7 Å². The minimum atomic E-state index is -0.0352. The molecule has 6 nitrogen and oxygen atoms in total. The summed E-state index contributed by atoms with van der Waals surface area (Å²) in [6, 6.07) is 7.35. The predicted molar refractivity (Wildman–Crippen MR) is 89.0 cm³/mol. The molecule has 23 heavy (non-hydrogen) atoms. The van der Waals surface area contributed by atoms with Crippen LogP contribution >= 0.6 is 0 Å². The van der Waals surface area contributed by atoms with Crippen LogP contribution in [-0.4, -0.2) is 68.4 Å². The van der Waals surface area contributed by atoms with Gasteiger partial charge in [0.2, 0.25) is 0 Å². The summed E-state index contributed by atoms with van der Waals surface area (Å²) in [5.74, 6) is 0.783. The van der Waals surface area contributed by atoms with E-state index in [9.17, 15) is 4.79 Å². The SMILES string of the molecule is COc1ccc(NC(=O)N2CCN(CC3CCCO3)CC2)cc1. The molecule has 2 fully saturated rings. The monoisotopic (exact) mass is 319 g/mol. The second-order valence-corrected chi connectivity index (χ2v) is 6.08. The topological polar surface area (TPSA) is 54.0 Å². The van der Waals surface area contributed by atoms with Gasteiger partial charge in [-0.25, -0.2) is 4.79 Å². The van der Waals surface area contributed by atoms with E-state index in [1.807, 2.05) is 29.2 Å². The number of urea groups is 1. The average molecular weight is 319 g/mol. The van der Waals surface area contributed by atoms with Gasteiger partial charge in [0.25, 0.3) is 0 Å². The molecule has 2 amide bonds. The van der Waals surface area contributed by atoms with Crippen molar-refractivity contribution in [3.63, 3.8) is 0 Å². The molecule has 0 aromatic heterocycles. The normalized spacial score (nSPS) is 22.1. The van der Waals surface area contributed by atoms with Crippen LogP contribution in [0.3, 0.4) is 0 Å². The molecule has 1 unspecified atom stereocenters. The highest BCUT2D eigenvalue weighted by Gasteiger charge is 2.24. The van der Waals surface area contributed by atoms with Gasteiger partial charge in [-0.15, -0.1) is 0 Å². The summed E-state index contributed by atoms with van der Waals surface area (Å²) >= 11 is 0. The second-order valence-electron chi connectivity index (χ2n) is 6.08. The Bertz CT molecular complexity index is 506. The number of anilines is 1. The fourth-order valence-corrected chi connectivity index (χ4v) is 3.09. The lowest BCUT2D eigenvalue weighted by Crippen LogP contribution is -2.51. The molecule has 2 saturated heterocycles. The first-order valence-corrected chi connectivity index (χ1v) is 8.28. The number of carbonyl (C=O) groups is 1. The van der Waals surface area contributed by atoms with Crippen molar-refractivity contribution in [2.75, 3.05) is 51.8 Å². The molecule has 0 aliphatic carbocycles. The third-order valence-corrected chi connectivity index (χ3v) is 4.49. The van der Waals surface area contributed by atoms with Gasteiger partial charge in [0.1, 0.15) is 5.75 Å². The lowest BCUT2D eigenvalue weighted by molar-refractivity contribution is 0.0572. The van der Waals surface area contributed by atoms with E-state index in [2.05, 4.69) is 10.2 Å². The van der Waals surface area contributed by atoms with E-state index in [0.717, 1.165) is 57.2 Å². The summed E-state index contributed by atoms with van der Waals surface area (Å²) in [5.41, 5.74) is 0.789. The van der Waals surface area contributed by atoms with Gasteiger partial charge in [-0.3, -0.25) is 4.90 Å². The zero-order valence-corrected chi connectivity index (χ0v) is 13.7. The van der Waals surface area contributed by atoms with E-state index in [1.165, 1.54) is 6.42 Å². The largest absolute Gasteiger partial charge is 0.497 e. The van der Waals surface area contributed by atoms with Crippen LogP contribution in [0.15, 0.2) is 24.3 Å². The minimum absolute atomic E-state index is 0.0352. The lowest BCUT2D eigenvalue weighted by Gasteiger charge is -2.35. The van der Waals surface area contributed by atoms with Gasteiger partial charge in [0.15, 0.2) is 0 Å². The molecule has 2 aliphatic rings. The molecule has 0 saturated carbocycles. The van der Waals surface area contributed by atoms with Gasteiger partial charge in [0, 0.05) is 45.0 Å². The minimum Gasteiger partial charge on any atom is -0.497 e. The molecule has 1 aromatic rings. The Balaban J connectivity index is 1.43. The van der Waals surface area contributed by atoms with Gasteiger partial charge in [-0.1, -0.05) is 0 Å². The molecule has 1 N–H and O–H groups in total. The van der Waals surface area contributed by atoms with Crippen molar-refractivity contribution in [1.82, 2.24) is 9.80 Å². The summed E-state index contributed by atoms with van der Waals surface area (Å²) in [6.45, 7) is 5.23. The molecule has 1 aromatic carbocycles. The molecule has 2 heterocycles. The Morgan fingerprint density at radius 1 is 1.26 bits per heavy atom. The third kappa shape index (κ3) is 4.36. The molecule has 1 atom stereocenters. The van der Waals surface area contributed by atoms with Crippen molar-refractivity contribution in [3.8, 4) is 5.75 Å².